The number of ether oxygens (including phenoxy) is 1. The lowest BCUT2D eigenvalue weighted by Crippen LogP contribution is -2.28. The van der Waals surface area contributed by atoms with Crippen LogP contribution < -0.4 is 10.1 Å². The van der Waals surface area contributed by atoms with Crippen molar-refractivity contribution in [3.8, 4) is 5.75 Å². The molecule has 0 aliphatic carbocycles. The number of rotatable bonds is 4. The Bertz CT molecular complexity index is 378. The van der Waals surface area contributed by atoms with Gasteiger partial charge in [0.1, 0.15) is 12.4 Å². The zero-order valence-electron chi connectivity index (χ0n) is 10.6. The van der Waals surface area contributed by atoms with Crippen LogP contribution in [0.5, 0.6) is 5.75 Å². The van der Waals surface area contributed by atoms with Crippen molar-refractivity contribution in [3.63, 3.8) is 0 Å². The van der Waals surface area contributed by atoms with Crippen LogP contribution in [-0.2, 0) is 6.42 Å². The van der Waals surface area contributed by atoms with Gasteiger partial charge in [0.15, 0.2) is 0 Å². The predicted octanol–water partition coefficient (Wildman–Crippen LogP) is 1.66. The highest BCUT2D eigenvalue weighted by atomic mass is 16.5. The molecule has 3 nitrogen and oxygen atoms in total. The molecule has 0 spiro atoms. The maximum Gasteiger partial charge on any atom is 0.119 e. The van der Waals surface area contributed by atoms with Crippen LogP contribution in [-0.4, -0.2) is 30.4 Å². The Morgan fingerprint density at radius 3 is 2.94 bits per heavy atom. The highest BCUT2D eigenvalue weighted by Crippen LogP contribution is 2.18. The van der Waals surface area contributed by atoms with Crippen LogP contribution in [0.25, 0.3) is 0 Å². The molecule has 0 amide bonds. The molecule has 0 radical (unpaired) electrons. The largest absolute Gasteiger partial charge is 0.492 e. The van der Waals surface area contributed by atoms with Crippen LogP contribution in [0.1, 0.15) is 24.5 Å². The second kappa shape index (κ2) is 5.52. The third-order valence-electron chi connectivity index (χ3n) is 3.35. The van der Waals surface area contributed by atoms with Crippen LogP contribution in [0.2, 0.25) is 0 Å². The minimum atomic E-state index is -0.215. The first-order chi connectivity index (χ1) is 8.19. The van der Waals surface area contributed by atoms with Crippen LogP contribution in [0, 0.1) is 6.92 Å². The van der Waals surface area contributed by atoms with E-state index in [1.807, 2.05) is 6.07 Å². The van der Waals surface area contributed by atoms with Gasteiger partial charge in [-0.05, 0) is 43.0 Å². The summed E-state index contributed by atoms with van der Waals surface area (Å²) in [6, 6.07) is 6.50. The fourth-order valence-electron chi connectivity index (χ4n) is 2.24. The quantitative estimate of drug-likeness (QED) is 0.834. The van der Waals surface area contributed by atoms with Gasteiger partial charge < -0.3 is 15.2 Å². The van der Waals surface area contributed by atoms with E-state index in [1.165, 1.54) is 11.1 Å². The smallest absolute Gasteiger partial charge is 0.119 e. The number of hydrogen-bond acceptors (Lipinski definition) is 3. The molecular weight excluding hydrogens is 214 g/mol. The summed E-state index contributed by atoms with van der Waals surface area (Å²) in [5, 5.41) is 12.6. The van der Waals surface area contributed by atoms with E-state index in [-0.39, 0.29) is 12.1 Å². The van der Waals surface area contributed by atoms with Crippen LogP contribution in [0.3, 0.4) is 0 Å². The molecule has 0 saturated carbocycles. The maximum absolute atomic E-state index is 9.40. The fourth-order valence-corrected chi connectivity index (χ4v) is 2.24. The molecule has 1 heterocycles. The monoisotopic (exact) mass is 235 g/mol. The molecule has 2 N–H and O–H groups in total. The SMILES string of the molecule is CCc1cc(OC[C@H]2C[C@H](O)CN2)ccc1C. The van der Waals surface area contributed by atoms with E-state index >= 15 is 0 Å². The van der Waals surface area contributed by atoms with Crippen molar-refractivity contribution >= 4 is 0 Å². The average molecular weight is 235 g/mol. The lowest BCUT2D eigenvalue weighted by Gasteiger charge is -2.13. The molecule has 94 valence electrons. The van der Waals surface area contributed by atoms with Gasteiger partial charge in [-0.2, -0.15) is 0 Å². The van der Waals surface area contributed by atoms with Crippen LogP contribution >= 0.6 is 0 Å². The zero-order valence-corrected chi connectivity index (χ0v) is 10.6. The van der Waals surface area contributed by atoms with Crippen molar-refractivity contribution in [2.75, 3.05) is 13.2 Å². The standard InChI is InChI=1S/C14H21NO2/c1-3-11-6-14(5-4-10(11)2)17-9-12-7-13(16)8-15-12/h4-6,12-13,15-16H,3,7-9H2,1-2H3/t12-,13+/m1/s1. The van der Waals surface area contributed by atoms with Gasteiger partial charge in [0, 0.05) is 12.6 Å². The topological polar surface area (TPSA) is 41.5 Å². The molecule has 1 fully saturated rings. The molecule has 1 aliphatic heterocycles. The van der Waals surface area contributed by atoms with Gasteiger partial charge in [0.2, 0.25) is 0 Å². The van der Waals surface area contributed by atoms with Crippen LogP contribution in [0.15, 0.2) is 18.2 Å². The number of aryl methyl sites for hydroxylation is 2. The maximum atomic E-state index is 9.40. The van der Waals surface area contributed by atoms with Crippen molar-refractivity contribution in [2.45, 2.75) is 38.8 Å². The molecule has 1 aromatic rings. The normalized spacial score (nSPS) is 23.9. The first kappa shape index (κ1) is 12.4. The number of aliphatic hydroxyl groups excluding tert-OH is 1. The molecule has 0 aromatic heterocycles. The number of nitrogens with one attached hydrogen (secondary N) is 1. The Hall–Kier alpha value is -1.06. The number of β-amino-alcohol motifs (C(OH)–C–C–N with tert-alkyl or cyclic N) is 1. The van der Waals surface area contributed by atoms with Crippen molar-refractivity contribution in [2.24, 2.45) is 0 Å². The Labute approximate surface area is 103 Å². The Morgan fingerprint density at radius 1 is 1.47 bits per heavy atom. The lowest BCUT2D eigenvalue weighted by atomic mass is 10.1. The van der Waals surface area contributed by atoms with Crippen molar-refractivity contribution in [3.05, 3.63) is 29.3 Å². The van der Waals surface area contributed by atoms with Gasteiger partial charge in [-0.3, -0.25) is 0 Å². The van der Waals surface area contributed by atoms with Gasteiger partial charge in [-0.1, -0.05) is 13.0 Å². The third kappa shape index (κ3) is 3.20. The van der Waals surface area contributed by atoms with Crippen molar-refractivity contribution in [1.82, 2.24) is 5.32 Å². The highest BCUT2D eigenvalue weighted by molar-refractivity contribution is 5.34. The summed E-state index contributed by atoms with van der Waals surface area (Å²) in [4.78, 5) is 0. The summed E-state index contributed by atoms with van der Waals surface area (Å²) in [5.74, 6) is 0.927. The molecule has 0 bridgehead atoms. The van der Waals surface area contributed by atoms with E-state index < -0.39 is 0 Å². The van der Waals surface area contributed by atoms with Gasteiger partial charge in [-0.25, -0.2) is 0 Å². The molecule has 0 unspecified atom stereocenters. The molecule has 17 heavy (non-hydrogen) atoms. The first-order valence-corrected chi connectivity index (χ1v) is 6.32. The van der Waals surface area contributed by atoms with E-state index in [1.54, 1.807) is 0 Å². The number of aliphatic hydroxyl groups is 1. The second-order valence-electron chi connectivity index (χ2n) is 4.75. The molecular formula is C14H21NO2. The van der Waals surface area contributed by atoms with Crippen molar-refractivity contribution in [1.29, 1.82) is 0 Å². The third-order valence-corrected chi connectivity index (χ3v) is 3.35. The highest BCUT2D eigenvalue weighted by Gasteiger charge is 2.22. The van der Waals surface area contributed by atoms with E-state index in [4.69, 9.17) is 4.74 Å². The summed E-state index contributed by atoms with van der Waals surface area (Å²) >= 11 is 0. The summed E-state index contributed by atoms with van der Waals surface area (Å²) in [6.45, 7) is 5.59. The fraction of sp³-hybridized carbons (Fsp3) is 0.571. The van der Waals surface area contributed by atoms with E-state index in [0.29, 0.717) is 13.2 Å². The minimum absolute atomic E-state index is 0.215. The lowest BCUT2D eigenvalue weighted by molar-refractivity contribution is 0.187. The molecule has 1 aliphatic rings. The summed E-state index contributed by atoms with van der Waals surface area (Å²) in [7, 11) is 0. The predicted molar refractivity (Wildman–Crippen MR) is 68.5 cm³/mol. The summed E-state index contributed by atoms with van der Waals surface area (Å²) in [5.41, 5.74) is 2.65. The average Bonchev–Trinajstić information content (AvgIpc) is 2.74. The Morgan fingerprint density at radius 2 is 2.29 bits per heavy atom. The van der Waals surface area contributed by atoms with E-state index in [0.717, 1.165) is 18.6 Å². The number of benzene rings is 1. The Balaban J connectivity index is 1.90. The summed E-state index contributed by atoms with van der Waals surface area (Å²) < 4.78 is 5.76. The van der Waals surface area contributed by atoms with Gasteiger partial charge in [-0.15, -0.1) is 0 Å². The van der Waals surface area contributed by atoms with E-state index in [2.05, 4.69) is 31.3 Å². The van der Waals surface area contributed by atoms with Gasteiger partial charge in [0.05, 0.1) is 6.10 Å². The number of hydrogen-bond donors (Lipinski definition) is 2. The molecule has 1 aromatic carbocycles. The molecule has 3 heteroatoms. The molecule has 2 atom stereocenters. The molecule has 1 saturated heterocycles. The minimum Gasteiger partial charge on any atom is -0.492 e. The van der Waals surface area contributed by atoms with Crippen LogP contribution in [0.4, 0.5) is 0 Å². The first-order valence-electron chi connectivity index (χ1n) is 6.32. The van der Waals surface area contributed by atoms with Gasteiger partial charge >= 0.3 is 0 Å². The van der Waals surface area contributed by atoms with Gasteiger partial charge in [0.25, 0.3) is 0 Å². The Kier molecular flexibility index (Phi) is 4.02. The van der Waals surface area contributed by atoms with Crippen molar-refractivity contribution < 1.29 is 9.84 Å². The van der Waals surface area contributed by atoms with E-state index in [9.17, 15) is 5.11 Å². The second-order valence-corrected chi connectivity index (χ2v) is 4.75. The molecule has 2 rings (SSSR count). The zero-order chi connectivity index (χ0) is 12.3. The summed E-state index contributed by atoms with van der Waals surface area (Å²) in [6.07, 6.45) is 1.60.